The molecule has 0 saturated heterocycles. The van der Waals surface area contributed by atoms with Crippen molar-refractivity contribution in [2.24, 2.45) is 23.2 Å². The summed E-state index contributed by atoms with van der Waals surface area (Å²) in [6.07, 6.45) is 14.3. The van der Waals surface area contributed by atoms with Crippen molar-refractivity contribution in [2.45, 2.75) is 104 Å². The van der Waals surface area contributed by atoms with Gasteiger partial charge in [-0.05, 0) is 100 Å². The van der Waals surface area contributed by atoms with Crippen LogP contribution in [-0.4, -0.2) is 27.7 Å². The Labute approximate surface area is 183 Å². The van der Waals surface area contributed by atoms with Gasteiger partial charge in [-0.25, -0.2) is 0 Å². The number of hydrogen-bond donors (Lipinski definition) is 2. The molecule has 3 aliphatic carbocycles. The van der Waals surface area contributed by atoms with Crippen LogP contribution < -0.4 is 0 Å². The quantitative estimate of drug-likeness (QED) is 0.568. The SMILES string of the molecule is C=C1CC[C@H](O)C/C1=C/C=C1\CCC[C@@]2(C)C1CC[C@@H]2[C@H](C)CCC(=O)C(C)(C)O. The van der Waals surface area contributed by atoms with E-state index in [4.69, 9.17) is 0 Å². The Morgan fingerprint density at radius 1 is 1.27 bits per heavy atom. The highest BCUT2D eigenvalue weighted by molar-refractivity contribution is 5.86. The van der Waals surface area contributed by atoms with Gasteiger partial charge >= 0.3 is 0 Å². The van der Waals surface area contributed by atoms with Crippen LogP contribution in [0, 0.1) is 23.2 Å². The monoisotopic (exact) mass is 414 g/mol. The van der Waals surface area contributed by atoms with Crippen LogP contribution >= 0.6 is 0 Å². The highest BCUT2D eigenvalue weighted by Gasteiger charge is 2.50. The number of carbonyl (C=O) groups is 1. The first-order chi connectivity index (χ1) is 14.0. The van der Waals surface area contributed by atoms with Gasteiger partial charge < -0.3 is 10.2 Å². The minimum atomic E-state index is -1.22. The fraction of sp³-hybridized carbons (Fsp3) is 0.741. The molecule has 0 aromatic rings. The van der Waals surface area contributed by atoms with E-state index in [-0.39, 0.29) is 11.9 Å². The van der Waals surface area contributed by atoms with E-state index in [9.17, 15) is 15.0 Å². The first-order valence-electron chi connectivity index (χ1n) is 12.0. The van der Waals surface area contributed by atoms with Crippen LogP contribution in [-0.2, 0) is 4.79 Å². The minimum absolute atomic E-state index is 0.0418. The second-order valence-corrected chi connectivity index (χ2v) is 11.0. The van der Waals surface area contributed by atoms with Crippen molar-refractivity contribution in [3.63, 3.8) is 0 Å². The van der Waals surface area contributed by atoms with E-state index >= 15 is 0 Å². The Kier molecular flexibility index (Phi) is 7.14. The van der Waals surface area contributed by atoms with Crippen molar-refractivity contribution in [3.05, 3.63) is 35.5 Å². The Morgan fingerprint density at radius 2 is 2.00 bits per heavy atom. The Hall–Kier alpha value is -1.19. The topological polar surface area (TPSA) is 57.5 Å². The minimum Gasteiger partial charge on any atom is -0.393 e. The lowest BCUT2D eigenvalue weighted by Crippen LogP contribution is -2.36. The molecule has 5 atom stereocenters. The van der Waals surface area contributed by atoms with Crippen LogP contribution in [0.2, 0.25) is 0 Å². The molecular formula is C27H42O3. The van der Waals surface area contributed by atoms with Gasteiger partial charge in [0.15, 0.2) is 5.78 Å². The predicted molar refractivity (Wildman–Crippen MR) is 123 cm³/mol. The Morgan fingerprint density at radius 3 is 2.70 bits per heavy atom. The third-order valence-electron chi connectivity index (χ3n) is 8.42. The number of aliphatic hydroxyl groups excluding tert-OH is 1. The number of Topliss-reactive ketones (excluding diaryl/α,β-unsaturated/α-hetero) is 1. The zero-order valence-corrected chi connectivity index (χ0v) is 19.5. The number of aliphatic hydroxyl groups is 2. The molecule has 0 radical (unpaired) electrons. The van der Waals surface area contributed by atoms with Crippen molar-refractivity contribution < 1.29 is 15.0 Å². The summed E-state index contributed by atoms with van der Waals surface area (Å²) >= 11 is 0. The molecule has 0 aromatic carbocycles. The second-order valence-electron chi connectivity index (χ2n) is 11.0. The summed E-state index contributed by atoms with van der Waals surface area (Å²) in [4.78, 5) is 12.2. The van der Waals surface area contributed by atoms with Crippen LogP contribution in [0.4, 0.5) is 0 Å². The van der Waals surface area contributed by atoms with Gasteiger partial charge in [-0.15, -0.1) is 0 Å². The van der Waals surface area contributed by atoms with Crippen molar-refractivity contribution in [1.29, 1.82) is 0 Å². The molecule has 0 spiro atoms. The van der Waals surface area contributed by atoms with Gasteiger partial charge in [0, 0.05) is 6.42 Å². The first-order valence-corrected chi connectivity index (χ1v) is 12.0. The molecule has 0 bridgehead atoms. The number of fused-ring (bicyclic) bond motifs is 1. The highest BCUT2D eigenvalue weighted by atomic mass is 16.3. The summed E-state index contributed by atoms with van der Waals surface area (Å²) in [7, 11) is 0. The summed E-state index contributed by atoms with van der Waals surface area (Å²) in [6, 6.07) is 0. The summed E-state index contributed by atoms with van der Waals surface area (Å²) < 4.78 is 0. The molecule has 2 N–H and O–H groups in total. The molecule has 3 heteroatoms. The third-order valence-corrected chi connectivity index (χ3v) is 8.42. The van der Waals surface area contributed by atoms with Gasteiger partial charge in [-0.3, -0.25) is 4.79 Å². The Bertz CT molecular complexity index is 723. The fourth-order valence-electron chi connectivity index (χ4n) is 6.48. The third kappa shape index (κ3) is 4.99. The average molecular weight is 415 g/mol. The van der Waals surface area contributed by atoms with Crippen molar-refractivity contribution in [3.8, 4) is 0 Å². The van der Waals surface area contributed by atoms with Gasteiger partial charge in [0.25, 0.3) is 0 Å². The zero-order valence-electron chi connectivity index (χ0n) is 19.5. The van der Waals surface area contributed by atoms with Crippen LogP contribution in [0.1, 0.15) is 91.9 Å². The lowest BCUT2D eigenvalue weighted by molar-refractivity contribution is -0.134. The standard InChI is InChI=1S/C27H42O3/c1-18-8-12-22(28)17-21(18)11-10-20-7-6-16-27(5)23(13-14-24(20)27)19(2)9-15-25(29)26(3,4)30/h10-11,19,22-24,28,30H,1,6-9,12-17H2,2-5H3/b20-10+,21-11-/t19-,22+,23-,24?,27-/m1/s1. The van der Waals surface area contributed by atoms with E-state index in [0.29, 0.717) is 29.6 Å². The maximum absolute atomic E-state index is 12.2. The van der Waals surface area contributed by atoms with Crippen LogP contribution in [0.3, 0.4) is 0 Å². The van der Waals surface area contributed by atoms with Crippen molar-refractivity contribution in [1.82, 2.24) is 0 Å². The lowest BCUT2D eigenvalue weighted by atomic mass is 9.60. The van der Waals surface area contributed by atoms with E-state index in [1.165, 1.54) is 43.3 Å². The summed E-state index contributed by atoms with van der Waals surface area (Å²) in [5.41, 5.74) is 3.08. The van der Waals surface area contributed by atoms with E-state index in [1.54, 1.807) is 19.4 Å². The second kappa shape index (κ2) is 9.12. The van der Waals surface area contributed by atoms with Gasteiger partial charge in [0.1, 0.15) is 5.60 Å². The number of allylic oxidation sites excluding steroid dienone is 4. The molecule has 0 aromatic heterocycles. The molecule has 168 valence electrons. The van der Waals surface area contributed by atoms with Crippen molar-refractivity contribution >= 4 is 5.78 Å². The molecule has 1 unspecified atom stereocenters. The number of hydrogen-bond acceptors (Lipinski definition) is 3. The van der Waals surface area contributed by atoms with E-state index in [0.717, 1.165) is 25.7 Å². The number of carbonyl (C=O) groups excluding carboxylic acids is 1. The van der Waals surface area contributed by atoms with Crippen LogP contribution in [0.15, 0.2) is 35.5 Å². The number of ketones is 1. The molecule has 0 heterocycles. The molecular weight excluding hydrogens is 372 g/mol. The summed E-state index contributed by atoms with van der Waals surface area (Å²) in [5, 5.41) is 20.0. The molecule has 0 amide bonds. The molecule has 3 aliphatic rings. The molecule has 3 fully saturated rings. The zero-order chi connectivity index (χ0) is 22.1. The van der Waals surface area contributed by atoms with Gasteiger partial charge in [0.2, 0.25) is 0 Å². The fourth-order valence-corrected chi connectivity index (χ4v) is 6.48. The van der Waals surface area contributed by atoms with Gasteiger partial charge in [-0.2, -0.15) is 0 Å². The maximum atomic E-state index is 12.2. The van der Waals surface area contributed by atoms with Crippen LogP contribution in [0.5, 0.6) is 0 Å². The molecule has 0 aliphatic heterocycles. The van der Waals surface area contributed by atoms with Gasteiger partial charge in [-0.1, -0.05) is 43.7 Å². The molecule has 3 nitrogen and oxygen atoms in total. The van der Waals surface area contributed by atoms with Crippen molar-refractivity contribution in [2.75, 3.05) is 0 Å². The predicted octanol–water partition coefficient (Wildman–Crippen LogP) is 5.91. The smallest absolute Gasteiger partial charge is 0.163 e. The highest BCUT2D eigenvalue weighted by Crippen LogP contribution is 2.59. The summed E-state index contributed by atoms with van der Waals surface area (Å²) in [5.74, 6) is 1.72. The molecule has 3 saturated carbocycles. The summed E-state index contributed by atoms with van der Waals surface area (Å²) in [6.45, 7) is 12.2. The molecule has 30 heavy (non-hydrogen) atoms. The molecule has 3 rings (SSSR count). The normalized spacial score (nSPS) is 36.2. The largest absolute Gasteiger partial charge is 0.393 e. The number of rotatable bonds is 6. The lowest BCUT2D eigenvalue weighted by Gasteiger charge is -2.44. The first kappa shape index (κ1) is 23.5. The van der Waals surface area contributed by atoms with E-state index in [2.05, 4.69) is 32.6 Å². The maximum Gasteiger partial charge on any atom is 0.163 e. The van der Waals surface area contributed by atoms with Gasteiger partial charge in [0.05, 0.1) is 6.10 Å². The Balaban J connectivity index is 1.70. The van der Waals surface area contributed by atoms with E-state index in [1.807, 2.05) is 0 Å². The van der Waals surface area contributed by atoms with E-state index < -0.39 is 5.60 Å². The average Bonchev–Trinajstić information content (AvgIpc) is 3.03. The van der Waals surface area contributed by atoms with Crippen LogP contribution in [0.25, 0.3) is 0 Å².